The summed E-state index contributed by atoms with van der Waals surface area (Å²) in [5.41, 5.74) is 0. The minimum Gasteiger partial charge on any atom is -0.480 e. The third kappa shape index (κ3) is 2.83. The van der Waals surface area contributed by atoms with Crippen LogP contribution in [0.5, 0.6) is 0 Å². The van der Waals surface area contributed by atoms with Crippen molar-refractivity contribution in [1.29, 1.82) is 0 Å². The molecule has 2 aliphatic rings. The van der Waals surface area contributed by atoms with Crippen LogP contribution in [0.15, 0.2) is 0 Å². The van der Waals surface area contributed by atoms with E-state index in [-0.39, 0.29) is 5.91 Å². The number of nitrogens with zero attached hydrogens (tertiary/aromatic N) is 2. The topological polar surface area (TPSA) is 60.9 Å². The summed E-state index contributed by atoms with van der Waals surface area (Å²) in [5, 5.41) is 9.09. The summed E-state index contributed by atoms with van der Waals surface area (Å²) in [7, 11) is 2.12. The molecular weight excluding hydrogens is 232 g/mol. The second-order valence-electron chi connectivity index (χ2n) is 5.40. The highest BCUT2D eigenvalue weighted by Crippen LogP contribution is 2.22. The average Bonchev–Trinajstić information content (AvgIpc) is 2.70. The molecule has 0 bridgehead atoms. The number of carbonyl (C=O) groups is 2. The third-order valence-electron chi connectivity index (χ3n) is 4.24. The van der Waals surface area contributed by atoms with Crippen LogP contribution in [0, 0.1) is 0 Å². The summed E-state index contributed by atoms with van der Waals surface area (Å²) in [5.74, 6) is -0.862. The molecule has 5 heteroatoms. The van der Waals surface area contributed by atoms with E-state index in [0.29, 0.717) is 25.4 Å². The van der Waals surface area contributed by atoms with Gasteiger partial charge in [-0.3, -0.25) is 4.79 Å². The molecule has 0 aliphatic carbocycles. The SMILES string of the molecule is CN1CCCCC1CCN1C(=O)CCC1C(=O)O. The van der Waals surface area contributed by atoms with Crippen molar-refractivity contribution in [2.75, 3.05) is 20.1 Å². The van der Waals surface area contributed by atoms with Gasteiger partial charge in [0.15, 0.2) is 0 Å². The molecule has 0 aromatic rings. The zero-order chi connectivity index (χ0) is 13.1. The number of likely N-dealkylation sites (tertiary alicyclic amines) is 2. The number of piperidine rings is 1. The number of carboxylic acids is 1. The molecule has 2 fully saturated rings. The van der Waals surface area contributed by atoms with E-state index in [1.807, 2.05) is 0 Å². The largest absolute Gasteiger partial charge is 0.480 e. The van der Waals surface area contributed by atoms with Gasteiger partial charge in [-0.05, 0) is 39.3 Å². The lowest BCUT2D eigenvalue weighted by Crippen LogP contribution is -2.43. The Bertz CT molecular complexity index is 332. The van der Waals surface area contributed by atoms with Crippen LogP contribution >= 0.6 is 0 Å². The van der Waals surface area contributed by atoms with E-state index < -0.39 is 12.0 Å². The molecule has 1 N–H and O–H groups in total. The molecule has 1 amide bonds. The van der Waals surface area contributed by atoms with Crippen molar-refractivity contribution in [2.45, 2.75) is 50.6 Å². The first kappa shape index (κ1) is 13.3. The van der Waals surface area contributed by atoms with Crippen LogP contribution < -0.4 is 0 Å². The Morgan fingerprint density at radius 3 is 2.83 bits per heavy atom. The fraction of sp³-hybridized carbons (Fsp3) is 0.846. The summed E-state index contributed by atoms with van der Waals surface area (Å²) >= 11 is 0. The lowest BCUT2D eigenvalue weighted by Gasteiger charge is -2.34. The van der Waals surface area contributed by atoms with Crippen molar-refractivity contribution in [3.8, 4) is 0 Å². The summed E-state index contributed by atoms with van der Waals surface area (Å²) in [6.45, 7) is 1.70. The first-order valence-electron chi connectivity index (χ1n) is 6.82. The Morgan fingerprint density at radius 1 is 1.39 bits per heavy atom. The van der Waals surface area contributed by atoms with Crippen molar-refractivity contribution in [3.05, 3.63) is 0 Å². The number of aliphatic carboxylic acids is 1. The van der Waals surface area contributed by atoms with Crippen molar-refractivity contribution in [2.24, 2.45) is 0 Å². The van der Waals surface area contributed by atoms with Crippen LogP contribution in [-0.4, -0.2) is 59.0 Å². The van der Waals surface area contributed by atoms with E-state index in [2.05, 4.69) is 11.9 Å². The fourth-order valence-corrected chi connectivity index (χ4v) is 3.07. The molecule has 2 atom stereocenters. The molecule has 2 saturated heterocycles. The maximum absolute atomic E-state index is 11.7. The monoisotopic (exact) mass is 254 g/mol. The number of hydrogen-bond donors (Lipinski definition) is 1. The maximum Gasteiger partial charge on any atom is 0.326 e. The smallest absolute Gasteiger partial charge is 0.326 e. The van der Waals surface area contributed by atoms with Gasteiger partial charge in [-0.15, -0.1) is 0 Å². The molecule has 0 saturated carbocycles. The van der Waals surface area contributed by atoms with Gasteiger partial charge in [0.05, 0.1) is 0 Å². The van der Waals surface area contributed by atoms with Crippen molar-refractivity contribution >= 4 is 11.9 Å². The number of hydrogen-bond acceptors (Lipinski definition) is 3. The summed E-state index contributed by atoms with van der Waals surface area (Å²) in [4.78, 5) is 26.7. The van der Waals surface area contributed by atoms with Gasteiger partial charge in [0.25, 0.3) is 0 Å². The van der Waals surface area contributed by atoms with Crippen LogP contribution in [0.3, 0.4) is 0 Å². The van der Waals surface area contributed by atoms with E-state index in [4.69, 9.17) is 5.11 Å². The fourth-order valence-electron chi connectivity index (χ4n) is 3.07. The predicted octanol–water partition coefficient (Wildman–Crippen LogP) is 0.936. The zero-order valence-corrected chi connectivity index (χ0v) is 11.0. The van der Waals surface area contributed by atoms with Gasteiger partial charge in [0, 0.05) is 19.0 Å². The van der Waals surface area contributed by atoms with E-state index in [1.54, 1.807) is 4.90 Å². The molecule has 0 aromatic carbocycles. The van der Waals surface area contributed by atoms with Crippen LogP contribution in [0.4, 0.5) is 0 Å². The number of carboxylic acid groups (broad SMARTS) is 1. The van der Waals surface area contributed by atoms with Gasteiger partial charge < -0.3 is 14.9 Å². The molecule has 2 aliphatic heterocycles. The Labute approximate surface area is 108 Å². The lowest BCUT2D eigenvalue weighted by molar-refractivity contribution is -0.146. The highest BCUT2D eigenvalue weighted by molar-refractivity contribution is 5.87. The maximum atomic E-state index is 11.7. The van der Waals surface area contributed by atoms with Crippen LogP contribution in [0.25, 0.3) is 0 Å². The van der Waals surface area contributed by atoms with Gasteiger partial charge in [-0.1, -0.05) is 6.42 Å². The average molecular weight is 254 g/mol. The number of rotatable bonds is 4. The van der Waals surface area contributed by atoms with E-state index in [9.17, 15) is 9.59 Å². The summed E-state index contributed by atoms with van der Waals surface area (Å²) in [6, 6.07) is -0.0898. The Morgan fingerprint density at radius 2 is 2.17 bits per heavy atom. The van der Waals surface area contributed by atoms with Crippen molar-refractivity contribution in [3.63, 3.8) is 0 Å². The lowest BCUT2D eigenvalue weighted by atomic mass is 10.00. The minimum absolute atomic E-state index is 0.000799. The molecule has 0 aromatic heterocycles. The van der Waals surface area contributed by atoms with Crippen molar-refractivity contribution in [1.82, 2.24) is 9.80 Å². The Kier molecular flexibility index (Phi) is 4.22. The summed E-state index contributed by atoms with van der Waals surface area (Å²) in [6.07, 6.45) is 5.40. The molecule has 0 spiro atoms. The Balaban J connectivity index is 1.87. The highest BCUT2D eigenvalue weighted by Gasteiger charge is 2.36. The molecule has 0 radical (unpaired) electrons. The molecule has 102 valence electrons. The third-order valence-corrected chi connectivity index (χ3v) is 4.24. The quantitative estimate of drug-likeness (QED) is 0.811. The van der Waals surface area contributed by atoms with Gasteiger partial charge in [0.1, 0.15) is 6.04 Å². The first-order chi connectivity index (χ1) is 8.59. The zero-order valence-electron chi connectivity index (χ0n) is 11.0. The van der Waals surface area contributed by atoms with Crippen LogP contribution in [-0.2, 0) is 9.59 Å². The van der Waals surface area contributed by atoms with Gasteiger partial charge in [-0.25, -0.2) is 4.79 Å². The van der Waals surface area contributed by atoms with Gasteiger partial charge in [-0.2, -0.15) is 0 Å². The standard InChI is InChI=1S/C13H22N2O3/c1-14-8-3-2-4-10(14)7-9-15-11(13(17)18)5-6-12(15)16/h10-11H,2-9H2,1H3,(H,17,18). The predicted molar refractivity (Wildman–Crippen MR) is 67.3 cm³/mol. The first-order valence-corrected chi connectivity index (χ1v) is 6.82. The highest BCUT2D eigenvalue weighted by atomic mass is 16.4. The normalized spacial score (nSPS) is 29.8. The molecule has 2 rings (SSSR count). The van der Waals surface area contributed by atoms with Crippen molar-refractivity contribution < 1.29 is 14.7 Å². The molecule has 5 nitrogen and oxygen atoms in total. The minimum atomic E-state index is -0.863. The second kappa shape index (κ2) is 5.69. The molecule has 2 heterocycles. The molecular formula is C13H22N2O3. The van der Waals surface area contributed by atoms with E-state index in [1.165, 1.54) is 12.8 Å². The Hall–Kier alpha value is -1.10. The van der Waals surface area contributed by atoms with Crippen LogP contribution in [0.2, 0.25) is 0 Å². The number of amides is 1. The summed E-state index contributed by atoms with van der Waals surface area (Å²) < 4.78 is 0. The second-order valence-corrected chi connectivity index (χ2v) is 5.40. The van der Waals surface area contributed by atoms with Crippen LogP contribution in [0.1, 0.15) is 38.5 Å². The van der Waals surface area contributed by atoms with E-state index in [0.717, 1.165) is 19.4 Å². The number of carbonyl (C=O) groups excluding carboxylic acids is 1. The molecule has 2 unspecified atom stereocenters. The molecule has 18 heavy (non-hydrogen) atoms. The van der Waals surface area contributed by atoms with Gasteiger partial charge >= 0.3 is 5.97 Å². The van der Waals surface area contributed by atoms with E-state index >= 15 is 0 Å². The van der Waals surface area contributed by atoms with Gasteiger partial charge in [0.2, 0.25) is 5.91 Å².